The summed E-state index contributed by atoms with van der Waals surface area (Å²) in [7, 11) is -3.49. The monoisotopic (exact) mass is 576 g/mol. The quantitative estimate of drug-likeness (QED) is 0.445. The Bertz CT molecular complexity index is 1610. The standard InChI is InChI=1S/C27H27F3N4O5S/c1-40(38,39)20-10-8-17(9-11-20)14-21-22(25(36)32-33-12-3-2-4-13-33)16-34(26(37)23(21)24(31)35)19-7-5-6-18(15-19)27(28,29)30/h5-11,15-16H,2-4,12-14H2,1H3,(H2,31,35)(H,32,36). The van der Waals surface area contributed by atoms with Gasteiger partial charge in [-0.05, 0) is 60.7 Å². The van der Waals surface area contributed by atoms with E-state index in [1.54, 1.807) is 5.01 Å². The molecule has 1 saturated heterocycles. The highest BCUT2D eigenvalue weighted by Crippen LogP contribution is 2.30. The van der Waals surface area contributed by atoms with Gasteiger partial charge in [-0.2, -0.15) is 13.2 Å². The van der Waals surface area contributed by atoms with Crippen molar-refractivity contribution in [3.63, 3.8) is 0 Å². The minimum atomic E-state index is -4.70. The molecule has 9 nitrogen and oxygen atoms in total. The Labute approximate surface area is 228 Å². The summed E-state index contributed by atoms with van der Waals surface area (Å²) in [6.45, 7) is 1.15. The van der Waals surface area contributed by atoms with Crippen molar-refractivity contribution in [2.45, 2.75) is 36.8 Å². The van der Waals surface area contributed by atoms with Crippen molar-refractivity contribution in [2.75, 3.05) is 19.3 Å². The highest BCUT2D eigenvalue weighted by molar-refractivity contribution is 7.90. The number of alkyl halides is 3. The first-order chi connectivity index (χ1) is 18.8. The van der Waals surface area contributed by atoms with Gasteiger partial charge in [0.2, 0.25) is 0 Å². The van der Waals surface area contributed by atoms with Crippen molar-refractivity contribution < 1.29 is 31.2 Å². The normalized spacial score (nSPS) is 14.6. The average Bonchev–Trinajstić information content (AvgIpc) is 2.88. The first-order valence-electron chi connectivity index (χ1n) is 12.4. The minimum Gasteiger partial charge on any atom is -0.365 e. The highest BCUT2D eigenvalue weighted by atomic mass is 32.2. The molecule has 0 saturated carbocycles. The van der Waals surface area contributed by atoms with E-state index < -0.39 is 44.5 Å². The number of nitrogens with two attached hydrogens (primary N) is 1. The minimum absolute atomic E-state index is 0.0256. The number of aromatic nitrogens is 1. The Morgan fingerprint density at radius 2 is 1.68 bits per heavy atom. The van der Waals surface area contributed by atoms with E-state index in [1.807, 2.05) is 0 Å². The fourth-order valence-corrected chi connectivity index (χ4v) is 5.21. The van der Waals surface area contributed by atoms with Crippen LogP contribution in [0.15, 0.2) is 64.4 Å². The number of hydrogen-bond acceptors (Lipinski definition) is 6. The number of carbonyl (C=O) groups excluding carboxylic acids is 2. The largest absolute Gasteiger partial charge is 0.416 e. The van der Waals surface area contributed by atoms with Gasteiger partial charge in [-0.15, -0.1) is 0 Å². The van der Waals surface area contributed by atoms with Crippen LogP contribution in [0.25, 0.3) is 5.69 Å². The van der Waals surface area contributed by atoms with Crippen LogP contribution >= 0.6 is 0 Å². The second-order valence-electron chi connectivity index (χ2n) is 9.57. The highest BCUT2D eigenvalue weighted by Gasteiger charge is 2.31. The van der Waals surface area contributed by atoms with Crippen molar-refractivity contribution in [1.82, 2.24) is 15.0 Å². The van der Waals surface area contributed by atoms with Gasteiger partial charge in [-0.3, -0.25) is 24.4 Å². The summed E-state index contributed by atoms with van der Waals surface area (Å²) in [5.41, 5.74) is 5.88. The van der Waals surface area contributed by atoms with Crippen molar-refractivity contribution in [1.29, 1.82) is 0 Å². The molecule has 1 aromatic heterocycles. The number of carbonyl (C=O) groups is 2. The summed E-state index contributed by atoms with van der Waals surface area (Å²) in [6, 6.07) is 9.59. The zero-order valence-electron chi connectivity index (χ0n) is 21.5. The van der Waals surface area contributed by atoms with Gasteiger partial charge in [0.05, 0.1) is 16.0 Å². The predicted octanol–water partition coefficient (Wildman–Crippen LogP) is 3.08. The number of benzene rings is 2. The summed E-state index contributed by atoms with van der Waals surface area (Å²) < 4.78 is 64.7. The lowest BCUT2D eigenvalue weighted by molar-refractivity contribution is -0.137. The maximum atomic E-state index is 13.5. The van der Waals surface area contributed by atoms with Crippen LogP contribution in [0.4, 0.5) is 13.2 Å². The Morgan fingerprint density at radius 1 is 1.02 bits per heavy atom. The maximum Gasteiger partial charge on any atom is 0.416 e. The van der Waals surface area contributed by atoms with Gasteiger partial charge < -0.3 is 5.73 Å². The molecule has 1 aliphatic heterocycles. The lowest BCUT2D eigenvalue weighted by Gasteiger charge is -2.27. The fourth-order valence-electron chi connectivity index (χ4n) is 4.58. The van der Waals surface area contributed by atoms with Crippen LogP contribution in [0.2, 0.25) is 0 Å². The zero-order valence-corrected chi connectivity index (χ0v) is 22.3. The number of primary amides is 1. The van der Waals surface area contributed by atoms with Crippen molar-refractivity contribution in [3.05, 3.63) is 92.9 Å². The SMILES string of the molecule is CS(=O)(=O)c1ccc(Cc2c(C(=O)NN3CCCCC3)cn(-c3cccc(C(F)(F)F)c3)c(=O)c2C(N)=O)cc1. The molecular formula is C27H27F3N4O5S. The van der Waals surface area contributed by atoms with Crippen molar-refractivity contribution in [2.24, 2.45) is 5.73 Å². The number of halogens is 3. The molecule has 2 amide bonds. The molecular weight excluding hydrogens is 549 g/mol. The lowest BCUT2D eigenvalue weighted by Crippen LogP contribution is -2.46. The molecule has 2 heterocycles. The molecule has 13 heteroatoms. The molecule has 0 unspecified atom stereocenters. The molecule has 4 rings (SSSR count). The third-order valence-electron chi connectivity index (χ3n) is 6.61. The van der Waals surface area contributed by atoms with Crippen molar-refractivity contribution in [3.8, 4) is 5.69 Å². The number of nitrogens with one attached hydrogen (secondary N) is 1. The van der Waals surface area contributed by atoms with E-state index in [2.05, 4.69) is 5.43 Å². The molecule has 0 atom stereocenters. The second kappa shape index (κ2) is 11.3. The average molecular weight is 577 g/mol. The third-order valence-corrected chi connectivity index (χ3v) is 7.74. The number of rotatable bonds is 7. The molecule has 0 bridgehead atoms. The Kier molecular flexibility index (Phi) is 8.17. The molecule has 3 aromatic rings. The Balaban J connectivity index is 1.89. The number of piperidine rings is 1. The van der Waals surface area contributed by atoms with E-state index in [-0.39, 0.29) is 28.1 Å². The fraction of sp³-hybridized carbons (Fsp3) is 0.296. The number of sulfone groups is 1. The van der Waals surface area contributed by atoms with Crippen LogP contribution in [0, 0.1) is 0 Å². The first kappa shape index (κ1) is 29.0. The summed E-state index contributed by atoms with van der Waals surface area (Å²) in [5.74, 6) is -1.84. The topological polar surface area (TPSA) is 132 Å². The van der Waals surface area contributed by atoms with Crippen LogP contribution in [0.1, 0.15) is 56.7 Å². The molecule has 0 radical (unpaired) electrons. The third kappa shape index (κ3) is 6.42. The molecule has 1 aliphatic rings. The zero-order chi connectivity index (χ0) is 29.2. The van der Waals surface area contributed by atoms with Gasteiger partial charge in [0.15, 0.2) is 9.84 Å². The smallest absolute Gasteiger partial charge is 0.365 e. The number of nitrogens with zero attached hydrogens (tertiary/aromatic N) is 2. The van der Waals surface area contributed by atoms with Crippen LogP contribution < -0.4 is 16.7 Å². The summed E-state index contributed by atoms with van der Waals surface area (Å²) >= 11 is 0. The van der Waals surface area contributed by atoms with Crippen molar-refractivity contribution >= 4 is 21.7 Å². The number of hydrogen-bond donors (Lipinski definition) is 2. The lowest BCUT2D eigenvalue weighted by atomic mass is 9.95. The molecule has 1 fully saturated rings. The van der Waals surface area contributed by atoms with E-state index in [9.17, 15) is 36.0 Å². The van der Waals surface area contributed by atoms with Crippen LogP contribution in [0.5, 0.6) is 0 Å². The van der Waals surface area contributed by atoms with Crippen LogP contribution in [-0.2, 0) is 22.4 Å². The first-order valence-corrected chi connectivity index (χ1v) is 14.3. The van der Waals surface area contributed by atoms with Gasteiger partial charge >= 0.3 is 6.18 Å². The summed E-state index contributed by atoms with van der Waals surface area (Å²) in [5, 5.41) is 1.69. The molecule has 2 aromatic carbocycles. The predicted molar refractivity (Wildman–Crippen MR) is 141 cm³/mol. The maximum absolute atomic E-state index is 13.5. The molecule has 0 spiro atoms. The molecule has 212 valence electrons. The second-order valence-corrected chi connectivity index (χ2v) is 11.6. The molecule has 40 heavy (non-hydrogen) atoms. The van der Waals surface area contributed by atoms with Crippen LogP contribution in [0.3, 0.4) is 0 Å². The van der Waals surface area contributed by atoms with Crippen LogP contribution in [-0.4, -0.2) is 49.2 Å². The van der Waals surface area contributed by atoms with Gasteiger partial charge in [0, 0.05) is 31.2 Å². The van der Waals surface area contributed by atoms with E-state index >= 15 is 0 Å². The molecule has 3 N–H and O–H groups in total. The Hall–Kier alpha value is -3.97. The van der Waals surface area contributed by atoms with E-state index in [1.165, 1.54) is 30.3 Å². The molecule has 0 aliphatic carbocycles. The van der Waals surface area contributed by atoms with E-state index in [4.69, 9.17) is 5.73 Å². The van der Waals surface area contributed by atoms with Gasteiger partial charge in [-0.1, -0.05) is 24.6 Å². The van der Waals surface area contributed by atoms with Gasteiger partial charge in [0.25, 0.3) is 17.4 Å². The van der Waals surface area contributed by atoms with E-state index in [0.29, 0.717) is 18.7 Å². The Morgan fingerprint density at radius 3 is 2.25 bits per heavy atom. The van der Waals surface area contributed by atoms with E-state index in [0.717, 1.165) is 54.5 Å². The summed E-state index contributed by atoms with van der Waals surface area (Å²) in [4.78, 5) is 39.7. The van der Waals surface area contributed by atoms with Gasteiger partial charge in [-0.25, -0.2) is 13.4 Å². The number of hydrazine groups is 1. The number of pyridine rings is 1. The van der Waals surface area contributed by atoms with Gasteiger partial charge in [0.1, 0.15) is 5.56 Å². The number of amides is 2. The summed E-state index contributed by atoms with van der Waals surface area (Å²) in [6.07, 6.45) is -0.0185.